The van der Waals surface area contributed by atoms with Crippen molar-refractivity contribution in [1.29, 1.82) is 0 Å². The van der Waals surface area contributed by atoms with E-state index in [1.165, 1.54) is 25.5 Å². The van der Waals surface area contributed by atoms with Crippen molar-refractivity contribution < 1.29 is 23.5 Å². The number of benzene rings is 2. The van der Waals surface area contributed by atoms with Crippen molar-refractivity contribution in [2.75, 3.05) is 17.3 Å². The predicted molar refractivity (Wildman–Crippen MR) is 126 cm³/mol. The summed E-state index contributed by atoms with van der Waals surface area (Å²) < 4.78 is 10.2. The lowest BCUT2D eigenvalue weighted by molar-refractivity contribution is -0.122. The summed E-state index contributed by atoms with van der Waals surface area (Å²) in [4.78, 5) is 40.7. The SMILES string of the molecule is COC(=O)c1ccc(N2C(=O)CC(N(Cc3ccco3)C(=S)Nc3ccccc3)C2=O)cc1. The first kappa shape index (κ1) is 22.2. The van der Waals surface area contributed by atoms with Gasteiger partial charge < -0.3 is 19.4 Å². The second-order valence-corrected chi connectivity index (χ2v) is 7.72. The van der Waals surface area contributed by atoms with E-state index in [2.05, 4.69) is 5.32 Å². The fraction of sp³-hybridized carbons (Fsp3) is 0.167. The molecule has 168 valence electrons. The van der Waals surface area contributed by atoms with Gasteiger partial charge in [0.15, 0.2) is 5.11 Å². The Morgan fingerprint density at radius 2 is 1.85 bits per heavy atom. The Morgan fingerprint density at radius 1 is 1.12 bits per heavy atom. The summed E-state index contributed by atoms with van der Waals surface area (Å²) in [6.07, 6.45) is 1.49. The molecular weight excluding hydrogens is 442 g/mol. The Bertz CT molecular complexity index is 1160. The molecule has 1 fully saturated rings. The second kappa shape index (κ2) is 9.66. The van der Waals surface area contributed by atoms with Gasteiger partial charge >= 0.3 is 5.97 Å². The van der Waals surface area contributed by atoms with Gasteiger partial charge in [0.1, 0.15) is 11.8 Å². The van der Waals surface area contributed by atoms with Crippen LogP contribution in [0.1, 0.15) is 22.5 Å². The van der Waals surface area contributed by atoms with Crippen LogP contribution in [0.3, 0.4) is 0 Å². The first-order valence-corrected chi connectivity index (χ1v) is 10.6. The molecule has 0 aliphatic carbocycles. The number of esters is 1. The van der Waals surface area contributed by atoms with E-state index < -0.39 is 17.9 Å². The fourth-order valence-electron chi connectivity index (χ4n) is 3.61. The van der Waals surface area contributed by atoms with Crippen LogP contribution in [-0.4, -0.2) is 40.9 Å². The van der Waals surface area contributed by atoms with Crippen LogP contribution in [0, 0.1) is 0 Å². The smallest absolute Gasteiger partial charge is 0.337 e. The quantitative estimate of drug-likeness (QED) is 0.337. The molecule has 2 aromatic carbocycles. The van der Waals surface area contributed by atoms with E-state index in [9.17, 15) is 14.4 Å². The standard InChI is InChI=1S/C24H21N3O5S/c1-31-23(30)16-9-11-18(12-10-16)27-21(28)14-20(22(27)29)26(15-19-8-5-13-32-19)24(33)25-17-6-3-2-4-7-17/h2-13,20H,14-15H2,1H3,(H,25,33). The minimum atomic E-state index is -0.813. The van der Waals surface area contributed by atoms with Crippen molar-refractivity contribution >= 4 is 46.5 Å². The minimum Gasteiger partial charge on any atom is -0.467 e. The van der Waals surface area contributed by atoms with Crippen LogP contribution >= 0.6 is 12.2 Å². The minimum absolute atomic E-state index is 0.0467. The molecule has 9 heteroatoms. The highest BCUT2D eigenvalue weighted by Gasteiger charge is 2.44. The second-order valence-electron chi connectivity index (χ2n) is 7.33. The van der Waals surface area contributed by atoms with E-state index in [0.717, 1.165) is 10.6 Å². The zero-order valence-corrected chi connectivity index (χ0v) is 18.6. The Balaban J connectivity index is 1.59. The maximum absolute atomic E-state index is 13.4. The topological polar surface area (TPSA) is 92.1 Å². The average Bonchev–Trinajstić information content (AvgIpc) is 3.45. The van der Waals surface area contributed by atoms with Gasteiger partial charge in [-0.2, -0.15) is 0 Å². The van der Waals surface area contributed by atoms with Crippen molar-refractivity contribution in [3.63, 3.8) is 0 Å². The van der Waals surface area contributed by atoms with Crippen LogP contribution in [0.15, 0.2) is 77.4 Å². The van der Waals surface area contributed by atoms with E-state index in [1.54, 1.807) is 29.2 Å². The predicted octanol–water partition coefficient (Wildman–Crippen LogP) is 3.60. The number of amides is 2. The maximum atomic E-state index is 13.4. The fourth-order valence-corrected chi connectivity index (χ4v) is 3.92. The number of carbonyl (C=O) groups excluding carboxylic acids is 3. The third-order valence-electron chi connectivity index (χ3n) is 5.24. The molecule has 4 rings (SSSR count). The highest BCUT2D eigenvalue weighted by atomic mass is 32.1. The molecule has 3 aromatic rings. The number of thiocarbonyl (C=S) groups is 1. The summed E-state index contributed by atoms with van der Waals surface area (Å²) in [7, 11) is 1.29. The molecule has 0 bridgehead atoms. The highest BCUT2D eigenvalue weighted by molar-refractivity contribution is 7.80. The summed E-state index contributed by atoms with van der Waals surface area (Å²) in [5, 5.41) is 3.43. The number of methoxy groups -OCH3 is 1. The van der Waals surface area contributed by atoms with E-state index in [1.807, 2.05) is 30.3 Å². The number of hydrogen-bond acceptors (Lipinski definition) is 6. The molecule has 2 heterocycles. The van der Waals surface area contributed by atoms with E-state index in [4.69, 9.17) is 21.4 Å². The number of ether oxygens (including phenoxy) is 1. The van der Waals surface area contributed by atoms with Crippen LogP contribution in [0.4, 0.5) is 11.4 Å². The summed E-state index contributed by atoms with van der Waals surface area (Å²) in [6, 6.07) is 18.2. The third-order valence-corrected chi connectivity index (χ3v) is 5.57. The molecule has 2 amide bonds. The molecule has 0 spiro atoms. The molecular formula is C24H21N3O5S. The van der Waals surface area contributed by atoms with Crippen LogP contribution < -0.4 is 10.2 Å². The summed E-state index contributed by atoms with van der Waals surface area (Å²) in [6.45, 7) is 0.213. The van der Waals surface area contributed by atoms with Gasteiger partial charge in [0.2, 0.25) is 5.91 Å². The van der Waals surface area contributed by atoms with Crippen molar-refractivity contribution in [2.45, 2.75) is 19.0 Å². The Morgan fingerprint density at radius 3 is 2.48 bits per heavy atom. The van der Waals surface area contributed by atoms with Gasteiger partial charge in [-0.1, -0.05) is 18.2 Å². The molecule has 1 atom stereocenters. The molecule has 1 aliphatic rings. The Labute approximate surface area is 195 Å². The number of hydrogen-bond donors (Lipinski definition) is 1. The third kappa shape index (κ3) is 4.78. The van der Waals surface area contributed by atoms with Crippen molar-refractivity contribution in [2.24, 2.45) is 0 Å². The molecule has 1 aromatic heterocycles. The molecule has 1 unspecified atom stereocenters. The number of nitrogens with zero attached hydrogens (tertiary/aromatic N) is 2. The largest absolute Gasteiger partial charge is 0.467 e. The van der Waals surface area contributed by atoms with Gasteiger partial charge in [-0.15, -0.1) is 0 Å². The molecule has 33 heavy (non-hydrogen) atoms. The van der Waals surface area contributed by atoms with Gasteiger partial charge in [0.25, 0.3) is 5.91 Å². The Kier molecular flexibility index (Phi) is 6.50. The van der Waals surface area contributed by atoms with E-state index in [-0.39, 0.29) is 18.9 Å². The van der Waals surface area contributed by atoms with Gasteiger partial charge in [-0.05, 0) is 60.7 Å². The molecule has 8 nitrogen and oxygen atoms in total. The van der Waals surface area contributed by atoms with Gasteiger partial charge in [0, 0.05) is 5.69 Å². The number of para-hydroxylation sites is 1. The number of anilines is 2. The van der Waals surface area contributed by atoms with Gasteiger partial charge in [-0.25, -0.2) is 9.69 Å². The lowest BCUT2D eigenvalue weighted by Crippen LogP contribution is -2.46. The molecule has 1 saturated heterocycles. The lowest BCUT2D eigenvalue weighted by atomic mass is 10.2. The van der Waals surface area contributed by atoms with Crippen LogP contribution in [0.5, 0.6) is 0 Å². The number of imide groups is 1. The molecule has 1 aliphatic heterocycles. The number of nitrogens with one attached hydrogen (secondary N) is 1. The lowest BCUT2D eigenvalue weighted by Gasteiger charge is -2.29. The number of furan rings is 1. The molecule has 0 radical (unpaired) electrons. The zero-order chi connectivity index (χ0) is 23.4. The summed E-state index contributed by atoms with van der Waals surface area (Å²) in [5.41, 5.74) is 1.46. The van der Waals surface area contributed by atoms with Crippen molar-refractivity contribution in [3.05, 3.63) is 84.3 Å². The van der Waals surface area contributed by atoms with Crippen molar-refractivity contribution in [1.82, 2.24) is 4.90 Å². The zero-order valence-electron chi connectivity index (χ0n) is 17.8. The first-order chi connectivity index (χ1) is 16.0. The summed E-state index contributed by atoms with van der Waals surface area (Å²) >= 11 is 5.61. The van der Waals surface area contributed by atoms with E-state index >= 15 is 0 Å². The van der Waals surface area contributed by atoms with Crippen LogP contribution in [-0.2, 0) is 20.9 Å². The molecule has 1 N–H and O–H groups in total. The Hall–Kier alpha value is -3.98. The van der Waals surface area contributed by atoms with Crippen molar-refractivity contribution in [3.8, 4) is 0 Å². The van der Waals surface area contributed by atoms with E-state index in [0.29, 0.717) is 22.1 Å². The van der Waals surface area contributed by atoms with Gasteiger partial charge in [-0.3, -0.25) is 9.59 Å². The highest BCUT2D eigenvalue weighted by Crippen LogP contribution is 2.28. The monoisotopic (exact) mass is 463 g/mol. The van der Waals surface area contributed by atoms with Crippen LogP contribution in [0.25, 0.3) is 0 Å². The first-order valence-electron chi connectivity index (χ1n) is 10.2. The van der Waals surface area contributed by atoms with Crippen LogP contribution in [0.2, 0.25) is 0 Å². The summed E-state index contributed by atoms with van der Waals surface area (Å²) in [5.74, 6) is -0.661. The van der Waals surface area contributed by atoms with Gasteiger partial charge in [0.05, 0.1) is 37.6 Å². The normalized spacial score (nSPS) is 15.4. The maximum Gasteiger partial charge on any atom is 0.337 e. The molecule has 0 saturated carbocycles. The number of carbonyl (C=O) groups is 3. The number of rotatable bonds is 6. The average molecular weight is 464 g/mol.